The Balaban J connectivity index is 2.26. The molecule has 1 unspecified atom stereocenters. The van der Waals surface area contributed by atoms with E-state index in [2.05, 4.69) is 5.32 Å². The van der Waals surface area contributed by atoms with Crippen LogP contribution < -0.4 is 5.32 Å². The summed E-state index contributed by atoms with van der Waals surface area (Å²) in [5.74, 6) is -0.149. The van der Waals surface area contributed by atoms with Crippen LogP contribution in [-0.2, 0) is 4.79 Å². The number of piperazine rings is 1. The Kier molecular flexibility index (Phi) is 3.13. The lowest BCUT2D eigenvalue weighted by Gasteiger charge is -2.33. The van der Waals surface area contributed by atoms with Gasteiger partial charge in [0, 0.05) is 18.7 Å². The van der Waals surface area contributed by atoms with Crippen LogP contribution in [-0.4, -0.2) is 35.8 Å². The molecule has 0 bridgehead atoms. The molecule has 2 amide bonds. The van der Waals surface area contributed by atoms with Crippen molar-refractivity contribution < 1.29 is 9.59 Å². The molecule has 90 valence electrons. The zero-order valence-electron chi connectivity index (χ0n) is 10.1. The van der Waals surface area contributed by atoms with Gasteiger partial charge in [-0.1, -0.05) is 18.2 Å². The van der Waals surface area contributed by atoms with Crippen molar-refractivity contribution in [2.45, 2.75) is 19.9 Å². The molecule has 17 heavy (non-hydrogen) atoms. The fraction of sp³-hybridized carbons (Fsp3) is 0.385. The Bertz CT molecular complexity index is 456. The maximum absolute atomic E-state index is 12.3. The molecule has 0 spiro atoms. The summed E-state index contributed by atoms with van der Waals surface area (Å²) < 4.78 is 0. The molecule has 1 atom stereocenters. The van der Waals surface area contributed by atoms with Gasteiger partial charge in [-0.25, -0.2) is 0 Å². The largest absolute Gasteiger partial charge is 0.353 e. The van der Waals surface area contributed by atoms with Crippen molar-refractivity contribution in [3.8, 4) is 0 Å². The highest BCUT2D eigenvalue weighted by molar-refractivity contribution is 5.99. The van der Waals surface area contributed by atoms with Gasteiger partial charge in [-0.3, -0.25) is 9.59 Å². The van der Waals surface area contributed by atoms with Crippen molar-refractivity contribution in [3.63, 3.8) is 0 Å². The van der Waals surface area contributed by atoms with E-state index in [0.29, 0.717) is 18.7 Å². The van der Waals surface area contributed by atoms with Gasteiger partial charge >= 0.3 is 0 Å². The van der Waals surface area contributed by atoms with Crippen LogP contribution in [0.5, 0.6) is 0 Å². The Labute approximate surface area is 101 Å². The van der Waals surface area contributed by atoms with Crippen LogP contribution in [0.4, 0.5) is 0 Å². The zero-order chi connectivity index (χ0) is 12.4. The molecule has 1 aliphatic heterocycles. The van der Waals surface area contributed by atoms with Gasteiger partial charge < -0.3 is 10.2 Å². The Morgan fingerprint density at radius 3 is 2.82 bits per heavy atom. The monoisotopic (exact) mass is 232 g/mol. The number of carbonyl (C=O) groups is 2. The van der Waals surface area contributed by atoms with E-state index in [-0.39, 0.29) is 11.8 Å². The van der Waals surface area contributed by atoms with E-state index in [1.165, 1.54) is 0 Å². The molecule has 0 saturated carbocycles. The quantitative estimate of drug-likeness (QED) is 0.784. The first-order chi connectivity index (χ1) is 8.11. The number of aryl methyl sites for hydroxylation is 1. The first-order valence-corrected chi connectivity index (χ1v) is 5.75. The molecule has 2 rings (SSSR count). The average molecular weight is 232 g/mol. The maximum atomic E-state index is 12.3. The van der Waals surface area contributed by atoms with E-state index in [1.807, 2.05) is 25.1 Å². The summed E-state index contributed by atoms with van der Waals surface area (Å²) in [6.07, 6.45) is 0. The summed E-state index contributed by atoms with van der Waals surface area (Å²) in [7, 11) is 0. The fourth-order valence-electron chi connectivity index (χ4n) is 2.03. The van der Waals surface area contributed by atoms with Crippen molar-refractivity contribution >= 4 is 11.8 Å². The van der Waals surface area contributed by atoms with Gasteiger partial charge in [-0.05, 0) is 25.5 Å². The topological polar surface area (TPSA) is 49.4 Å². The molecule has 1 saturated heterocycles. The zero-order valence-corrected chi connectivity index (χ0v) is 10.1. The van der Waals surface area contributed by atoms with Crippen molar-refractivity contribution in [1.82, 2.24) is 10.2 Å². The van der Waals surface area contributed by atoms with E-state index in [9.17, 15) is 9.59 Å². The minimum atomic E-state index is -0.393. The second-order valence-corrected chi connectivity index (χ2v) is 4.28. The minimum absolute atomic E-state index is 0.0644. The fourth-order valence-corrected chi connectivity index (χ4v) is 2.03. The summed E-state index contributed by atoms with van der Waals surface area (Å²) in [6, 6.07) is 7.06. The average Bonchev–Trinajstić information content (AvgIpc) is 2.32. The van der Waals surface area contributed by atoms with Crippen molar-refractivity contribution in [2.75, 3.05) is 13.1 Å². The number of rotatable bonds is 1. The van der Waals surface area contributed by atoms with E-state index < -0.39 is 6.04 Å². The molecule has 1 aliphatic rings. The predicted molar refractivity (Wildman–Crippen MR) is 64.7 cm³/mol. The second-order valence-electron chi connectivity index (χ2n) is 4.28. The standard InChI is InChI=1S/C13H16N2O2/c1-9-5-3-4-6-11(9)13(17)15-8-7-14-12(16)10(15)2/h3-6,10H,7-8H2,1-2H3,(H,14,16). The summed E-state index contributed by atoms with van der Waals surface area (Å²) >= 11 is 0. The molecule has 1 N–H and O–H groups in total. The van der Waals surface area contributed by atoms with Crippen molar-refractivity contribution in [3.05, 3.63) is 35.4 Å². The molecule has 1 fully saturated rings. The smallest absolute Gasteiger partial charge is 0.254 e. The summed E-state index contributed by atoms with van der Waals surface area (Å²) in [5, 5.41) is 2.75. The normalized spacial score (nSPS) is 20.0. The van der Waals surface area contributed by atoms with E-state index >= 15 is 0 Å². The highest BCUT2D eigenvalue weighted by Gasteiger charge is 2.30. The van der Waals surface area contributed by atoms with Gasteiger partial charge in [0.05, 0.1) is 0 Å². The number of nitrogens with one attached hydrogen (secondary N) is 1. The minimum Gasteiger partial charge on any atom is -0.353 e. The number of hydrogen-bond donors (Lipinski definition) is 1. The molecule has 0 aliphatic carbocycles. The summed E-state index contributed by atoms with van der Waals surface area (Å²) in [5.41, 5.74) is 1.62. The highest BCUT2D eigenvalue weighted by Crippen LogP contribution is 2.14. The number of benzene rings is 1. The Morgan fingerprint density at radius 2 is 2.12 bits per heavy atom. The first kappa shape index (κ1) is 11.6. The predicted octanol–water partition coefficient (Wildman–Crippen LogP) is 0.956. The molecular weight excluding hydrogens is 216 g/mol. The molecule has 0 aromatic heterocycles. The number of nitrogens with zero attached hydrogens (tertiary/aromatic N) is 1. The van der Waals surface area contributed by atoms with E-state index in [4.69, 9.17) is 0 Å². The lowest BCUT2D eigenvalue weighted by atomic mass is 10.1. The molecule has 0 radical (unpaired) electrons. The highest BCUT2D eigenvalue weighted by atomic mass is 16.2. The van der Waals surface area contributed by atoms with Crippen LogP contribution in [0.1, 0.15) is 22.8 Å². The van der Waals surface area contributed by atoms with Gasteiger partial charge in [-0.15, -0.1) is 0 Å². The molecule has 1 aromatic rings. The SMILES string of the molecule is Cc1ccccc1C(=O)N1CCNC(=O)C1C. The number of hydrogen-bond acceptors (Lipinski definition) is 2. The van der Waals surface area contributed by atoms with E-state index in [1.54, 1.807) is 17.9 Å². The third kappa shape index (κ3) is 2.16. The van der Waals surface area contributed by atoms with Gasteiger partial charge in [0.1, 0.15) is 6.04 Å². The van der Waals surface area contributed by atoms with Crippen molar-refractivity contribution in [2.24, 2.45) is 0 Å². The van der Waals surface area contributed by atoms with Crippen LogP contribution in [0, 0.1) is 6.92 Å². The molecular formula is C13H16N2O2. The second kappa shape index (κ2) is 4.57. The number of amides is 2. The third-order valence-electron chi connectivity index (χ3n) is 3.14. The van der Waals surface area contributed by atoms with Crippen LogP contribution in [0.2, 0.25) is 0 Å². The van der Waals surface area contributed by atoms with Gasteiger partial charge in [0.15, 0.2) is 0 Å². The Hall–Kier alpha value is -1.84. The third-order valence-corrected chi connectivity index (χ3v) is 3.14. The maximum Gasteiger partial charge on any atom is 0.254 e. The van der Waals surface area contributed by atoms with Crippen molar-refractivity contribution in [1.29, 1.82) is 0 Å². The molecule has 1 aromatic carbocycles. The van der Waals surface area contributed by atoms with Gasteiger partial charge in [-0.2, -0.15) is 0 Å². The van der Waals surface area contributed by atoms with Crippen LogP contribution in [0.3, 0.4) is 0 Å². The summed E-state index contributed by atoms with van der Waals surface area (Å²) in [6.45, 7) is 4.76. The molecule has 4 nitrogen and oxygen atoms in total. The van der Waals surface area contributed by atoms with Crippen LogP contribution >= 0.6 is 0 Å². The lowest BCUT2D eigenvalue weighted by molar-refractivity contribution is -0.127. The molecule has 4 heteroatoms. The first-order valence-electron chi connectivity index (χ1n) is 5.75. The van der Waals surface area contributed by atoms with E-state index in [0.717, 1.165) is 5.56 Å². The summed E-state index contributed by atoms with van der Waals surface area (Å²) in [4.78, 5) is 25.5. The van der Waals surface area contributed by atoms with Gasteiger partial charge in [0.25, 0.3) is 5.91 Å². The lowest BCUT2D eigenvalue weighted by Crippen LogP contribution is -2.55. The molecule has 1 heterocycles. The number of carbonyl (C=O) groups excluding carboxylic acids is 2. The van der Waals surface area contributed by atoms with Crippen LogP contribution in [0.15, 0.2) is 24.3 Å². The van der Waals surface area contributed by atoms with Gasteiger partial charge in [0.2, 0.25) is 5.91 Å². The Morgan fingerprint density at radius 1 is 1.41 bits per heavy atom. The van der Waals surface area contributed by atoms with Crippen LogP contribution in [0.25, 0.3) is 0 Å².